The molecule has 1 fully saturated rings. The van der Waals surface area contributed by atoms with Gasteiger partial charge in [0.05, 0.1) is 6.10 Å². The fraction of sp³-hybridized carbons (Fsp3) is 0.571. The summed E-state index contributed by atoms with van der Waals surface area (Å²) < 4.78 is 19.4. The van der Waals surface area contributed by atoms with Crippen molar-refractivity contribution in [2.24, 2.45) is 0 Å². The van der Waals surface area contributed by atoms with Crippen molar-refractivity contribution >= 4 is 11.6 Å². The van der Waals surface area contributed by atoms with E-state index in [9.17, 15) is 4.39 Å². The second-order valence-electron chi connectivity index (χ2n) is 4.66. The smallest absolute Gasteiger partial charge is 0.126 e. The van der Waals surface area contributed by atoms with Gasteiger partial charge < -0.3 is 10.1 Å². The van der Waals surface area contributed by atoms with E-state index in [0.29, 0.717) is 17.0 Å². The lowest BCUT2D eigenvalue weighted by Gasteiger charge is -2.24. The van der Waals surface area contributed by atoms with E-state index in [-0.39, 0.29) is 18.0 Å². The number of hydrogen-bond acceptors (Lipinski definition) is 2. The van der Waals surface area contributed by atoms with Crippen LogP contribution in [0, 0.1) is 5.82 Å². The minimum Gasteiger partial charge on any atom is -0.377 e. The molecule has 2 rings (SSSR count). The Labute approximate surface area is 112 Å². The van der Waals surface area contributed by atoms with Gasteiger partial charge in [0.25, 0.3) is 0 Å². The number of ether oxygens (including phenoxy) is 1. The van der Waals surface area contributed by atoms with Crippen LogP contribution in [0.5, 0.6) is 0 Å². The molecule has 1 heterocycles. The Morgan fingerprint density at radius 3 is 3.06 bits per heavy atom. The zero-order valence-electron chi connectivity index (χ0n) is 10.6. The van der Waals surface area contributed by atoms with E-state index >= 15 is 0 Å². The van der Waals surface area contributed by atoms with Crippen LogP contribution >= 0.6 is 11.6 Å². The molecule has 1 aromatic rings. The topological polar surface area (TPSA) is 21.3 Å². The van der Waals surface area contributed by atoms with Gasteiger partial charge in [-0.15, -0.1) is 0 Å². The van der Waals surface area contributed by atoms with Crippen molar-refractivity contribution in [1.82, 2.24) is 5.32 Å². The van der Waals surface area contributed by atoms with Gasteiger partial charge in [-0.25, -0.2) is 4.39 Å². The highest BCUT2D eigenvalue weighted by Crippen LogP contribution is 2.21. The average Bonchev–Trinajstić information content (AvgIpc) is 2.87. The molecular formula is C14H19ClFNO. The number of rotatable bonds is 5. The maximum absolute atomic E-state index is 13.7. The Kier molecular flexibility index (Phi) is 4.98. The van der Waals surface area contributed by atoms with Crippen LogP contribution in [-0.4, -0.2) is 25.3 Å². The third-order valence-corrected chi connectivity index (χ3v) is 3.56. The molecule has 0 spiro atoms. The number of halogens is 2. The molecule has 1 aliphatic heterocycles. The number of nitrogens with one attached hydrogen (secondary N) is 1. The zero-order chi connectivity index (χ0) is 13.0. The van der Waals surface area contributed by atoms with Crippen molar-refractivity contribution in [3.8, 4) is 0 Å². The van der Waals surface area contributed by atoms with Crippen LogP contribution in [0.15, 0.2) is 18.2 Å². The summed E-state index contributed by atoms with van der Waals surface area (Å²) in [4.78, 5) is 0. The minimum absolute atomic E-state index is 0.158. The molecule has 2 unspecified atom stereocenters. The van der Waals surface area contributed by atoms with Crippen molar-refractivity contribution in [1.29, 1.82) is 0 Å². The van der Waals surface area contributed by atoms with Gasteiger partial charge in [0, 0.05) is 17.7 Å². The predicted molar refractivity (Wildman–Crippen MR) is 71.6 cm³/mol. The first-order valence-electron chi connectivity index (χ1n) is 6.49. The van der Waals surface area contributed by atoms with Crippen molar-refractivity contribution in [2.75, 3.05) is 13.2 Å². The molecule has 0 aromatic heterocycles. The molecule has 100 valence electrons. The number of benzene rings is 1. The molecular weight excluding hydrogens is 253 g/mol. The van der Waals surface area contributed by atoms with E-state index in [1.54, 1.807) is 12.1 Å². The molecule has 0 amide bonds. The van der Waals surface area contributed by atoms with Gasteiger partial charge in [-0.2, -0.15) is 0 Å². The van der Waals surface area contributed by atoms with Crippen LogP contribution in [-0.2, 0) is 11.2 Å². The second-order valence-corrected chi connectivity index (χ2v) is 5.09. The maximum atomic E-state index is 13.7. The van der Waals surface area contributed by atoms with Crippen LogP contribution < -0.4 is 5.32 Å². The average molecular weight is 272 g/mol. The summed E-state index contributed by atoms with van der Waals surface area (Å²) in [6, 6.07) is 4.87. The first-order valence-corrected chi connectivity index (χ1v) is 6.87. The van der Waals surface area contributed by atoms with Crippen molar-refractivity contribution in [3.05, 3.63) is 34.6 Å². The third kappa shape index (κ3) is 3.44. The maximum Gasteiger partial charge on any atom is 0.126 e. The summed E-state index contributed by atoms with van der Waals surface area (Å²) in [5.41, 5.74) is 0.656. The Morgan fingerprint density at radius 2 is 2.39 bits per heavy atom. The molecule has 0 radical (unpaired) electrons. The van der Waals surface area contributed by atoms with Crippen LogP contribution in [0.2, 0.25) is 5.02 Å². The van der Waals surface area contributed by atoms with Crippen LogP contribution in [0.25, 0.3) is 0 Å². The summed E-state index contributed by atoms with van der Waals surface area (Å²) in [6.45, 7) is 3.72. The lowest BCUT2D eigenvalue weighted by Crippen LogP contribution is -2.41. The standard InChI is InChI=1S/C14H19ClFNO/c1-2-17-13(14-4-3-7-18-14)9-10-8-11(15)5-6-12(10)16/h5-6,8,13-14,17H,2-4,7,9H2,1H3. The van der Waals surface area contributed by atoms with Gasteiger partial charge in [0.1, 0.15) is 5.82 Å². The largest absolute Gasteiger partial charge is 0.377 e. The highest BCUT2D eigenvalue weighted by atomic mass is 35.5. The van der Waals surface area contributed by atoms with Crippen LogP contribution in [0.4, 0.5) is 4.39 Å². The lowest BCUT2D eigenvalue weighted by atomic mass is 9.99. The van der Waals surface area contributed by atoms with E-state index < -0.39 is 0 Å². The third-order valence-electron chi connectivity index (χ3n) is 3.33. The van der Waals surface area contributed by atoms with Crippen molar-refractivity contribution in [3.63, 3.8) is 0 Å². The Bertz CT molecular complexity index is 393. The number of hydrogen-bond donors (Lipinski definition) is 1. The fourth-order valence-corrected chi connectivity index (χ4v) is 2.65. The normalized spacial score (nSPS) is 21.2. The van der Waals surface area contributed by atoms with E-state index in [4.69, 9.17) is 16.3 Å². The summed E-state index contributed by atoms with van der Waals surface area (Å²) in [7, 11) is 0. The molecule has 1 aliphatic rings. The Morgan fingerprint density at radius 1 is 1.56 bits per heavy atom. The first kappa shape index (κ1) is 13.8. The molecule has 1 N–H and O–H groups in total. The van der Waals surface area contributed by atoms with Crippen molar-refractivity contribution in [2.45, 2.75) is 38.3 Å². The SMILES string of the molecule is CCNC(Cc1cc(Cl)ccc1F)C1CCCO1. The first-order chi connectivity index (χ1) is 8.70. The van der Waals surface area contributed by atoms with Gasteiger partial charge in [-0.3, -0.25) is 0 Å². The Hall–Kier alpha value is -0.640. The van der Waals surface area contributed by atoms with Gasteiger partial charge in [-0.1, -0.05) is 18.5 Å². The lowest BCUT2D eigenvalue weighted by molar-refractivity contribution is 0.0786. The summed E-state index contributed by atoms with van der Waals surface area (Å²) >= 11 is 5.92. The van der Waals surface area contributed by atoms with E-state index in [1.807, 2.05) is 0 Å². The fourth-order valence-electron chi connectivity index (χ4n) is 2.45. The van der Waals surface area contributed by atoms with Gasteiger partial charge in [-0.05, 0) is 49.6 Å². The zero-order valence-corrected chi connectivity index (χ0v) is 11.3. The van der Waals surface area contributed by atoms with E-state index in [0.717, 1.165) is 26.0 Å². The molecule has 4 heteroatoms. The van der Waals surface area contributed by atoms with Gasteiger partial charge in [0.15, 0.2) is 0 Å². The van der Waals surface area contributed by atoms with Crippen molar-refractivity contribution < 1.29 is 9.13 Å². The number of likely N-dealkylation sites (N-methyl/N-ethyl adjacent to an activating group) is 1. The quantitative estimate of drug-likeness (QED) is 0.888. The minimum atomic E-state index is -0.194. The molecule has 0 saturated carbocycles. The predicted octanol–water partition coefficient (Wildman–Crippen LogP) is 3.18. The van der Waals surface area contributed by atoms with E-state index in [2.05, 4.69) is 12.2 Å². The van der Waals surface area contributed by atoms with E-state index in [1.165, 1.54) is 6.07 Å². The molecule has 0 aliphatic carbocycles. The highest BCUT2D eigenvalue weighted by Gasteiger charge is 2.26. The molecule has 1 aromatic carbocycles. The second kappa shape index (κ2) is 6.50. The molecule has 2 atom stereocenters. The molecule has 18 heavy (non-hydrogen) atoms. The van der Waals surface area contributed by atoms with Gasteiger partial charge >= 0.3 is 0 Å². The molecule has 2 nitrogen and oxygen atoms in total. The van der Waals surface area contributed by atoms with Crippen LogP contribution in [0.3, 0.4) is 0 Å². The highest BCUT2D eigenvalue weighted by molar-refractivity contribution is 6.30. The van der Waals surface area contributed by atoms with Crippen LogP contribution in [0.1, 0.15) is 25.3 Å². The monoisotopic (exact) mass is 271 g/mol. The molecule has 1 saturated heterocycles. The summed E-state index contributed by atoms with van der Waals surface area (Å²) in [6.07, 6.45) is 2.93. The summed E-state index contributed by atoms with van der Waals surface area (Å²) in [5.74, 6) is -0.194. The van der Waals surface area contributed by atoms with Gasteiger partial charge in [0.2, 0.25) is 0 Å². The summed E-state index contributed by atoms with van der Waals surface area (Å²) in [5, 5.41) is 3.96. The Balaban J connectivity index is 2.09. The molecule has 0 bridgehead atoms.